The van der Waals surface area contributed by atoms with Gasteiger partial charge in [-0.25, -0.2) is 4.68 Å². The minimum Gasteiger partial charge on any atom is -0.325 e. The van der Waals surface area contributed by atoms with Gasteiger partial charge < -0.3 is 5.32 Å². The zero-order valence-corrected chi connectivity index (χ0v) is 12.8. The standard InChI is InChI=1S/C14H14ClN5O2/c1-7-3-4-10(9(15)5-7)17-12(21)6-11-13(22)18-14-16-8(2)19-20(11)14/h3-5,11H,6H2,1-2H3,(H,17,21)(H,16,18,19,22). The van der Waals surface area contributed by atoms with Crippen molar-refractivity contribution in [3.63, 3.8) is 0 Å². The normalized spacial score (nSPS) is 16.3. The van der Waals surface area contributed by atoms with Crippen molar-refractivity contribution in [2.75, 3.05) is 10.6 Å². The Bertz CT molecular complexity index is 771. The third kappa shape index (κ3) is 2.67. The molecule has 0 spiro atoms. The lowest BCUT2D eigenvalue weighted by Gasteiger charge is -2.11. The summed E-state index contributed by atoms with van der Waals surface area (Å²) in [7, 11) is 0. The molecule has 8 heteroatoms. The van der Waals surface area contributed by atoms with Crippen LogP contribution >= 0.6 is 11.6 Å². The Kier molecular flexibility index (Phi) is 3.58. The maximum absolute atomic E-state index is 12.2. The third-order valence-electron chi connectivity index (χ3n) is 3.35. The van der Waals surface area contributed by atoms with Gasteiger partial charge in [0.15, 0.2) is 0 Å². The number of fused-ring (bicyclic) bond motifs is 1. The summed E-state index contributed by atoms with van der Waals surface area (Å²) in [4.78, 5) is 28.1. The monoisotopic (exact) mass is 319 g/mol. The predicted molar refractivity (Wildman–Crippen MR) is 81.9 cm³/mol. The van der Waals surface area contributed by atoms with E-state index in [1.54, 1.807) is 19.1 Å². The van der Waals surface area contributed by atoms with E-state index >= 15 is 0 Å². The van der Waals surface area contributed by atoms with Gasteiger partial charge in [0.2, 0.25) is 11.9 Å². The van der Waals surface area contributed by atoms with E-state index in [1.165, 1.54) is 4.68 Å². The number of halogens is 1. The lowest BCUT2D eigenvalue weighted by atomic mass is 10.2. The first-order valence-electron chi connectivity index (χ1n) is 6.74. The van der Waals surface area contributed by atoms with Crippen LogP contribution in [0.4, 0.5) is 11.6 Å². The van der Waals surface area contributed by atoms with E-state index in [0.717, 1.165) is 5.56 Å². The Labute approximate surface area is 131 Å². The number of hydrogen-bond donors (Lipinski definition) is 2. The minimum atomic E-state index is -0.694. The molecule has 0 saturated heterocycles. The molecule has 0 bridgehead atoms. The van der Waals surface area contributed by atoms with Gasteiger partial charge in [0.05, 0.1) is 17.1 Å². The van der Waals surface area contributed by atoms with E-state index in [4.69, 9.17) is 11.6 Å². The first-order valence-corrected chi connectivity index (χ1v) is 7.12. The Hall–Kier alpha value is -2.41. The van der Waals surface area contributed by atoms with Gasteiger partial charge in [0.1, 0.15) is 11.9 Å². The molecule has 1 atom stereocenters. The highest BCUT2D eigenvalue weighted by Crippen LogP contribution is 2.27. The summed E-state index contributed by atoms with van der Waals surface area (Å²) in [6, 6.07) is 4.65. The van der Waals surface area contributed by atoms with Crippen LogP contribution < -0.4 is 10.6 Å². The van der Waals surface area contributed by atoms with Gasteiger partial charge >= 0.3 is 0 Å². The fourth-order valence-electron chi connectivity index (χ4n) is 2.31. The van der Waals surface area contributed by atoms with Crippen molar-refractivity contribution in [3.8, 4) is 0 Å². The number of carbonyl (C=O) groups is 2. The lowest BCUT2D eigenvalue weighted by molar-refractivity contribution is -0.123. The zero-order valence-electron chi connectivity index (χ0n) is 12.1. The average Bonchev–Trinajstić information content (AvgIpc) is 2.91. The van der Waals surface area contributed by atoms with Crippen LogP contribution in [0.3, 0.4) is 0 Å². The third-order valence-corrected chi connectivity index (χ3v) is 3.66. The number of hydrogen-bond acceptors (Lipinski definition) is 4. The molecule has 7 nitrogen and oxygen atoms in total. The van der Waals surface area contributed by atoms with Gasteiger partial charge in [0, 0.05) is 0 Å². The second-order valence-electron chi connectivity index (χ2n) is 5.17. The number of carbonyl (C=O) groups excluding carboxylic acids is 2. The summed E-state index contributed by atoms with van der Waals surface area (Å²) in [5.41, 5.74) is 1.52. The molecule has 1 aromatic heterocycles. The fraction of sp³-hybridized carbons (Fsp3) is 0.286. The molecule has 1 aliphatic rings. The molecule has 0 saturated carbocycles. The first-order chi connectivity index (χ1) is 10.4. The summed E-state index contributed by atoms with van der Waals surface area (Å²) < 4.78 is 1.44. The predicted octanol–water partition coefficient (Wildman–Crippen LogP) is 2.07. The number of aryl methyl sites for hydroxylation is 2. The highest BCUT2D eigenvalue weighted by atomic mass is 35.5. The largest absolute Gasteiger partial charge is 0.325 e. The van der Waals surface area contributed by atoms with Crippen molar-refractivity contribution in [1.82, 2.24) is 14.8 Å². The smallest absolute Gasteiger partial charge is 0.252 e. The van der Waals surface area contributed by atoms with E-state index in [9.17, 15) is 9.59 Å². The van der Waals surface area contributed by atoms with Crippen LogP contribution in [0.2, 0.25) is 5.02 Å². The van der Waals surface area contributed by atoms with Crippen molar-refractivity contribution in [3.05, 3.63) is 34.6 Å². The van der Waals surface area contributed by atoms with Crippen molar-refractivity contribution in [2.24, 2.45) is 0 Å². The van der Waals surface area contributed by atoms with Gasteiger partial charge in [-0.2, -0.15) is 10.1 Å². The molecule has 3 rings (SSSR count). The SMILES string of the molecule is Cc1ccc(NC(=O)CC2C(=O)Nc3nc(C)nn32)c(Cl)c1. The van der Waals surface area contributed by atoms with E-state index in [0.29, 0.717) is 22.5 Å². The number of benzene rings is 1. The maximum atomic E-state index is 12.2. The second kappa shape index (κ2) is 5.42. The molecule has 1 unspecified atom stereocenters. The lowest BCUT2D eigenvalue weighted by Crippen LogP contribution is -2.24. The summed E-state index contributed by atoms with van der Waals surface area (Å²) in [5.74, 6) is 0.308. The van der Waals surface area contributed by atoms with E-state index in [2.05, 4.69) is 20.7 Å². The van der Waals surface area contributed by atoms with Crippen molar-refractivity contribution >= 4 is 35.1 Å². The fourth-order valence-corrected chi connectivity index (χ4v) is 2.60. The Balaban J connectivity index is 1.73. The van der Waals surface area contributed by atoms with Crippen LogP contribution in [0.5, 0.6) is 0 Å². The molecule has 114 valence electrons. The van der Waals surface area contributed by atoms with Crippen LogP contribution in [0.25, 0.3) is 0 Å². The quantitative estimate of drug-likeness (QED) is 0.906. The summed E-state index contributed by atoms with van der Waals surface area (Å²) in [5, 5.41) is 9.90. The molecule has 22 heavy (non-hydrogen) atoms. The van der Waals surface area contributed by atoms with Crippen molar-refractivity contribution < 1.29 is 9.59 Å². The van der Waals surface area contributed by atoms with E-state index in [1.807, 2.05) is 13.0 Å². The number of rotatable bonds is 3. The van der Waals surface area contributed by atoms with Crippen LogP contribution in [0, 0.1) is 13.8 Å². The molecular weight excluding hydrogens is 306 g/mol. The molecule has 2 aromatic rings. The topological polar surface area (TPSA) is 88.9 Å². The van der Waals surface area contributed by atoms with Gasteiger partial charge in [0.25, 0.3) is 5.91 Å². The molecule has 0 radical (unpaired) electrons. The van der Waals surface area contributed by atoms with Crippen LogP contribution in [-0.4, -0.2) is 26.6 Å². The van der Waals surface area contributed by atoms with E-state index < -0.39 is 6.04 Å². The second-order valence-corrected chi connectivity index (χ2v) is 5.58. The Morgan fingerprint density at radius 3 is 2.95 bits per heavy atom. The van der Waals surface area contributed by atoms with Gasteiger partial charge in [-0.15, -0.1) is 0 Å². The number of anilines is 2. The molecule has 2 N–H and O–H groups in total. The molecule has 1 aromatic carbocycles. The molecule has 1 aliphatic heterocycles. The van der Waals surface area contributed by atoms with Gasteiger partial charge in [-0.1, -0.05) is 17.7 Å². The molecule has 0 fully saturated rings. The average molecular weight is 320 g/mol. The summed E-state index contributed by atoms with van der Waals surface area (Å²) in [6.07, 6.45) is -0.0359. The highest BCUT2D eigenvalue weighted by molar-refractivity contribution is 6.33. The van der Waals surface area contributed by atoms with Crippen LogP contribution in [-0.2, 0) is 9.59 Å². The highest BCUT2D eigenvalue weighted by Gasteiger charge is 2.34. The number of nitrogens with one attached hydrogen (secondary N) is 2. The molecular formula is C14H14ClN5O2. The van der Waals surface area contributed by atoms with Crippen molar-refractivity contribution in [1.29, 1.82) is 0 Å². The Morgan fingerprint density at radius 2 is 2.23 bits per heavy atom. The summed E-state index contributed by atoms with van der Waals surface area (Å²) >= 11 is 6.08. The number of aromatic nitrogens is 3. The molecule has 2 heterocycles. The number of nitrogens with zero attached hydrogens (tertiary/aromatic N) is 3. The van der Waals surface area contributed by atoms with Crippen LogP contribution in [0.1, 0.15) is 23.9 Å². The van der Waals surface area contributed by atoms with Gasteiger partial charge in [-0.3, -0.25) is 14.9 Å². The van der Waals surface area contributed by atoms with Gasteiger partial charge in [-0.05, 0) is 31.5 Å². The Morgan fingerprint density at radius 1 is 1.45 bits per heavy atom. The first kappa shape index (κ1) is 14.5. The maximum Gasteiger partial charge on any atom is 0.252 e. The number of amides is 2. The minimum absolute atomic E-state index is 0.0359. The zero-order chi connectivity index (χ0) is 15.9. The van der Waals surface area contributed by atoms with E-state index in [-0.39, 0.29) is 18.2 Å². The van der Waals surface area contributed by atoms with Crippen LogP contribution in [0.15, 0.2) is 18.2 Å². The van der Waals surface area contributed by atoms with Crippen molar-refractivity contribution in [2.45, 2.75) is 26.3 Å². The molecule has 2 amide bonds. The summed E-state index contributed by atoms with van der Waals surface area (Å²) in [6.45, 7) is 3.63. The molecule has 0 aliphatic carbocycles.